The Morgan fingerprint density at radius 2 is 2.05 bits per heavy atom. The zero-order chi connectivity index (χ0) is 13.7. The van der Waals surface area contributed by atoms with Crippen LogP contribution < -0.4 is 5.73 Å². The van der Waals surface area contributed by atoms with Gasteiger partial charge in [0, 0.05) is 17.5 Å². The molecule has 0 bridgehead atoms. The lowest BCUT2D eigenvalue weighted by Crippen LogP contribution is -1.90. The fourth-order valence-electron chi connectivity index (χ4n) is 1.88. The van der Waals surface area contributed by atoms with E-state index < -0.39 is 0 Å². The molecule has 0 spiro atoms. The number of hydrogen-bond acceptors (Lipinski definition) is 3. The predicted octanol–water partition coefficient (Wildman–Crippen LogP) is 4.13. The van der Waals surface area contributed by atoms with Gasteiger partial charge in [-0.25, -0.2) is 4.99 Å². The normalized spacial score (nSPS) is 11.7. The molecule has 2 rings (SSSR count). The van der Waals surface area contributed by atoms with Crippen LogP contribution in [0.4, 0.5) is 5.00 Å². The van der Waals surface area contributed by atoms with Crippen molar-refractivity contribution in [1.29, 1.82) is 0 Å². The fourth-order valence-corrected chi connectivity index (χ4v) is 2.76. The highest BCUT2D eigenvalue weighted by Gasteiger charge is 2.03. The molecule has 1 aromatic heterocycles. The van der Waals surface area contributed by atoms with Crippen LogP contribution in [0, 0.1) is 13.8 Å². The van der Waals surface area contributed by atoms with Gasteiger partial charge in [-0.2, -0.15) is 0 Å². The van der Waals surface area contributed by atoms with E-state index in [0.29, 0.717) is 0 Å². The minimum Gasteiger partial charge on any atom is -0.405 e. The first-order valence-electron chi connectivity index (χ1n) is 6.25. The number of hydrogen-bond donors (Lipinski definition) is 1. The van der Waals surface area contributed by atoms with E-state index in [9.17, 15) is 0 Å². The molecular formula is C16H18N2S. The van der Waals surface area contributed by atoms with Crippen molar-refractivity contribution in [2.75, 3.05) is 0 Å². The Bertz CT molecular complexity index is 609. The van der Waals surface area contributed by atoms with Crippen molar-refractivity contribution >= 4 is 22.6 Å². The Kier molecular flexibility index (Phi) is 4.53. The van der Waals surface area contributed by atoms with Crippen LogP contribution in [0.2, 0.25) is 0 Å². The Morgan fingerprint density at radius 3 is 2.84 bits per heavy atom. The summed E-state index contributed by atoms with van der Waals surface area (Å²) < 4.78 is 0. The molecule has 0 aliphatic heterocycles. The fraction of sp³-hybridized carbons (Fsp3) is 0.188. The molecule has 0 saturated heterocycles. The number of thiophene rings is 1. The summed E-state index contributed by atoms with van der Waals surface area (Å²) in [5, 5.41) is 1.01. The van der Waals surface area contributed by atoms with Gasteiger partial charge in [0.2, 0.25) is 0 Å². The molecule has 0 aliphatic carbocycles. The summed E-state index contributed by atoms with van der Waals surface area (Å²) in [6.45, 7) is 4.29. The van der Waals surface area contributed by atoms with Crippen molar-refractivity contribution in [2.24, 2.45) is 10.7 Å². The van der Waals surface area contributed by atoms with Crippen molar-refractivity contribution in [1.82, 2.24) is 0 Å². The smallest absolute Gasteiger partial charge is 0.116 e. The van der Waals surface area contributed by atoms with Crippen LogP contribution in [0.5, 0.6) is 0 Å². The summed E-state index contributed by atoms with van der Waals surface area (Å²) in [4.78, 5) is 5.66. The van der Waals surface area contributed by atoms with Gasteiger partial charge in [-0.05, 0) is 49.4 Å². The average Bonchev–Trinajstić information content (AvgIpc) is 2.82. The number of aliphatic imine (C=N–C) groups is 1. The summed E-state index contributed by atoms with van der Waals surface area (Å²) >= 11 is 1.72. The molecule has 3 heteroatoms. The monoisotopic (exact) mass is 270 g/mol. The Morgan fingerprint density at radius 1 is 1.21 bits per heavy atom. The Balaban J connectivity index is 2.13. The standard InChI is InChI=1S/C16H18N2S/c1-12-4-5-13(2)14(10-12)11-15-6-7-16(19-15)18-9-3-8-17/h3-10H,11,17H2,1-2H3. The zero-order valence-corrected chi connectivity index (χ0v) is 12.1. The predicted molar refractivity (Wildman–Crippen MR) is 84.5 cm³/mol. The maximum absolute atomic E-state index is 5.26. The number of allylic oxidation sites excluding steroid dienone is 1. The lowest BCUT2D eigenvalue weighted by molar-refractivity contribution is 1.18. The molecule has 0 atom stereocenters. The van der Waals surface area contributed by atoms with E-state index in [-0.39, 0.29) is 0 Å². The van der Waals surface area contributed by atoms with Gasteiger partial charge in [0.15, 0.2) is 0 Å². The highest BCUT2D eigenvalue weighted by Crippen LogP contribution is 2.27. The summed E-state index contributed by atoms with van der Waals surface area (Å²) in [5.74, 6) is 0. The van der Waals surface area contributed by atoms with Gasteiger partial charge in [0.25, 0.3) is 0 Å². The maximum Gasteiger partial charge on any atom is 0.116 e. The molecule has 0 fully saturated rings. The minimum absolute atomic E-state index is 0.973. The highest BCUT2D eigenvalue weighted by atomic mass is 32.1. The van der Waals surface area contributed by atoms with Crippen molar-refractivity contribution in [2.45, 2.75) is 20.3 Å². The first-order valence-corrected chi connectivity index (χ1v) is 7.06. The van der Waals surface area contributed by atoms with Crippen molar-refractivity contribution in [3.8, 4) is 0 Å². The lowest BCUT2D eigenvalue weighted by atomic mass is 10.0. The summed E-state index contributed by atoms with van der Waals surface area (Å²) in [7, 11) is 0. The second-order valence-electron chi connectivity index (χ2n) is 4.51. The first kappa shape index (κ1) is 13.6. The van der Waals surface area contributed by atoms with Gasteiger partial charge in [0.05, 0.1) is 0 Å². The molecule has 0 unspecified atom stereocenters. The third kappa shape index (κ3) is 3.80. The first-order chi connectivity index (χ1) is 9.19. The number of nitrogens with two attached hydrogens (primary N) is 1. The van der Waals surface area contributed by atoms with Crippen LogP contribution in [0.1, 0.15) is 21.6 Å². The van der Waals surface area contributed by atoms with E-state index in [0.717, 1.165) is 11.4 Å². The van der Waals surface area contributed by atoms with Crippen molar-refractivity contribution < 1.29 is 0 Å². The molecule has 2 aromatic rings. The van der Waals surface area contributed by atoms with Crippen LogP contribution >= 0.6 is 11.3 Å². The van der Waals surface area contributed by atoms with E-state index in [1.165, 1.54) is 27.8 Å². The molecule has 1 heterocycles. The van der Waals surface area contributed by atoms with Crippen LogP contribution in [0.25, 0.3) is 0 Å². The van der Waals surface area contributed by atoms with Gasteiger partial charge < -0.3 is 5.73 Å². The Labute approximate surface area is 118 Å². The molecule has 0 radical (unpaired) electrons. The van der Waals surface area contributed by atoms with Gasteiger partial charge in [-0.15, -0.1) is 11.3 Å². The third-order valence-corrected chi connectivity index (χ3v) is 3.91. The molecule has 0 amide bonds. The van der Waals surface area contributed by atoms with E-state index in [4.69, 9.17) is 5.73 Å². The average molecular weight is 270 g/mol. The van der Waals surface area contributed by atoms with Crippen LogP contribution in [0.15, 0.2) is 47.6 Å². The van der Waals surface area contributed by atoms with Crippen LogP contribution in [-0.2, 0) is 6.42 Å². The quantitative estimate of drug-likeness (QED) is 0.833. The highest BCUT2D eigenvalue weighted by molar-refractivity contribution is 7.15. The van der Waals surface area contributed by atoms with Gasteiger partial charge >= 0.3 is 0 Å². The summed E-state index contributed by atoms with van der Waals surface area (Å²) in [6.07, 6.45) is 5.90. The van der Waals surface area contributed by atoms with E-state index in [1.54, 1.807) is 23.6 Å². The Hall–Kier alpha value is -1.87. The van der Waals surface area contributed by atoms with Crippen LogP contribution in [-0.4, -0.2) is 6.21 Å². The van der Waals surface area contributed by atoms with Crippen molar-refractivity contribution in [3.63, 3.8) is 0 Å². The lowest BCUT2D eigenvalue weighted by Gasteiger charge is -2.05. The third-order valence-electron chi connectivity index (χ3n) is 2.92. The molecule has 2 nitrogen and oxygen atoms in total. The summed E-state index contributed by atoms with van der Waals surface area (Å²) in [6, 6.07) is 10.8. The number of benzene rings is 1. The van der Waals surface area contributed by atoms with Gasteiger partial charge in [0.1, 0.15) is 5.00 Å². The molecule has 0 saturated carbocycles. The molecule has 2 N–H and O–H groups in total. The molecular weight excluding hydrogens is 252 g/mol. The zero-order valence-electron chi connectivity index (χ0n) is 11.3. The molecule has 1 aromatic carbocycles. The minimum atomic E-state index is 0.973. The second-order valence-corrected chi connectivity index (χ2v) is 5.66. The van der Waals surface area contributed by atoms with E-state index in [1.807, 2.05) is 6.07 Å². The molecule has 19 heavy (non-hydrogen) atoms. The van der Waals surface area contributed by atoms with E-state index in [2.05, 4.69) is 43.1 Å². The molecule has 0 aliphatic rings. The SMILES string of the molecule is Cc1ccc(C)c(Cc2ccc(N=CC=CN)s2)c1. The van der Waals surface area contributed by atoms with Gasteiger partial charge in [-0.3, -0.25) is 0 Å². The second kappa shape index (κ2) is 6.34. The number of nitrogens with zero attached hydrogens (tertiary/aromatic N) is 1. The number of aryl methyl sites for hydroxylation is 2. The molecule has 98 valence electrons. The van der Waals surface area contributed by atoms with Crippen molar-refractivity contribution in [3.05, 3.63) is 64.2 Å². The maximum atomic E-state index is 5.26. The van der Waals surface area contributed by atoms with E-state index >= 15 is 0 Å². The topological polar surface area (TPSA) is 38.4 Å². The largest absolute Gasteiger partial charge is 0.405 e. The van der Waals surface area contributed by atoms with Crippen LogP contribution in [0.3, 0.4) is 0 Å². The number of rotatable bonds is 4. The van der Waals surface area contributed by atoms with Gasteiger partial charge in [-0.1, -0.05) is 23.8 Å². The summed E-state index contributed by atoms with van der Waals surface area (Å²) in [5.41, 5.74) is 9.30.